The van der Waals surface area contributed by atoms with Crippen LogP contribution in [0, 0.1) is 5.41 Å². The summed E-state index contributed by atoms with van der Waals surface area (Å²) in [5.41, 5.74) is 1.19. The molecule has 1 aromatic rings. The smallest absolute Gasteiger partial charge is 0.229 e. The lowest BCUT2D eigenvalue weighted by Gasteiger charge is -2.31. The van der Waals surface area contributed by atoms with Crippen molar-refractivity contribution >= 4 is 17.7 Å². The van der Waals surface area contributed by atoms with Gasteiger partial charge in [-0.2, -0.15) is 0 Å². The topological polar surface area (TPSA) is 38.3 Å². The molecule has 1 amide bonds. The van der Waals surface area contributed by atoms with Crippen LogP contribution in [-0.4, -0.2) is 11.5 Å². The monoisotopic (exact) mass is 287 g/mol. The predicted octanol–water partition coefficient (Wildman–Crippen LogP) is 4.64. The van der Waals surface area contributed by atoms with Crippen molar-refractivity contribution in [3.63, 3.8) is 0 Å². The molecule has 114 valence electrons. The van der Waals surface area contributed by atoms with Gasteiger partial charge in [0.25, 0.3) is 0 Å². The van der Waals surface area contributed by atoms with Crippen LogP contribution in [-0.2, 0) is 4.79 Å². The highest BCUT2D eigenvalue weighted by atomic mass is 16.5. The quantitative estimate of drug-likeness (QED) is 0.879. The first-order valence-electron chi connectivity index (χ1n) is 7.57. The van der Waals surface area contributed by atoms with Gasteiger partial charge in [0.1, 0.15) is 11.4 Å². The van der Waals surface area contributed by atoms with E-state index in [1.54, 1.807) is 0 Å². The van der Waals surface area contributed by atoms with E-state index in [1.807, 2.05) is 39.0 Å². The minimum Gasteiger partial charge on any atom is -0.483 e. The highest BCUT2D eigenvalue weighted by Crippen LogP contribution is 2.35. The van der Waals surface area contributed by atoms with Crippen molar-refractivity contribution in [2.24, 2.45) is 5.41 Å². The first-order chi connectivity index (χ1) is 9.73. The first-order valence-corrected chi connectivity index (χ1v) is 7.57. The molecule has 0 spiro atoms. The number of ether oxygens (including phenoxy) is 1. The molecule has 1 N–H and O–H groups in total. The fourth-order valence-corrected chi connectivity index (χ4v) is 2.35. The summed E-state index contributed by atoms with van der Waals surface area (Å²) in [7, 11) is 0. The van der Waals surface area contributed by atoms with Gasteiger partial charge in [0.2, 0.25) is 5.91 Å². The third-order valence-corrected chi connectivity index (χ3v) is 3.65. The van der Waals surface area contributed by atoms with Crippen LogP contribution < -0.4 is 10.1 Å². The SMILES string of the molecule is CCCC1(C)C=Cc2cc(NC(=O)C(C)(C)C)ccc2O1. The van der Waals surface area contributed by atoms with Crippen molar-refractivity contribution in [2.45, 2.75) is 53.1 Å². The molecule has 1 atom stereocenters. The Labute approximate surface area is 127 Å². The molecule has 0 radical (unpaired) electrons. The van der Waals surface area contributed by atoms with Crippen molar-refractivity contribution in [2.75, 3.05) is 5.32 Å². The summed E-state index contributed by atoms with van der Waals surface area (Å²) in [6.45, 7) is 9.97. The lowest BCUT2D eigenvalue weighted by Crippen LogP contribution is -2.31. The van der Waals surface area contributed by atoms with E-state index < -0.39 is 5.41 Å². The van der Waals surface area contributed by atoms with Gasteiger partial charge in [0.05, 0.1) is 0 Å². The lowest BCUT2D eigenvalue weighted by atomic mass is 9.94. The minimum atomic E-state index is -0.401. The van der Waals surface area contributed by atoms with Gasteiger partial charge in [-0.05, 0) is 37.6 Å². The van der Waals surface area contributed by atoms with E-state index >= 15 is 0 Å². The molecule has 1 aliphatic rings. The fourth-order valence-electron chi connectivity index (χ4n) is 2.35. The zero-order valence-electron chi connectivity index (χ0n) is 13.6. The van der Waals surface area contributed by atoms with Crippen LogP contribution in [0.15, 0.2) is 24.3 Å². The zero-order valence-corrected chi connectivity index (χ0v) is 13.6. The van der Waals surface area contributed by atoms with E-state index in [0.29, 0.717) is 0 Å². The van der Waals surface area contributed by atoms with Gasteiger partial charge in [-0.1, -0.05) is 40.2 Å². The molecule has 1 unspecified atom stereocenters. The number of hydrogen-bond acceptors (Lipinski definition) is 2. The normalized spacial score (nSPS) is 20.6. The van der Waals surface area contributed by atoms with E-state index in [1.165, 1.54) is 0 Å². The molecule has 1 aromatic carbocycles. The first kappa shape index (κ1) is 15.6. The number of hydrogen-bond donors (Lipinski definition) is 1. The second-order valence-corrected chi connectivity index (χ2v) is 6.95. The van der Waals surface area contributed by atoms with E-state index in [0.717, 1.165) is 29.8 Å². The molecular weight excluding hydrogens is 262 g/mol. The van der Waals surface area contributed by atoms with E-state index in [9.17, 15) is 4.79 Å². The number of nitrogens with one attached hydrogen (secondary N) is 1. The van der Waals surface area contributed by atoms with Crippen LogP contribution in [0.1, 0.15) is 53.0 Å². The number of carbonyl (C=O) groups excluding carboxylic acids is 1. The van der Waals surface area contributed by atoms with Crippen molar-refractivity contribution in [1.29, 1.82) is 0 Å². The van der Waals surface area contributed by atoms with Crippen LogP contribution in [0.4, 0.5) is 5.69 Å². The Hall–Kier alpha value is -1.77. The highest BCUT2D eigenvalue weighted by Gasteiger charge is 2.27. The van der Waals surface area contributed by atoms with Crippen LogP contribution in [0.2, 0.25) is 0 Å². The number of benzene rings is 1. The Morgan fingerprint density at radius 3 is 2.67 bits per heavy atom. The predicted molar refractivity (Wildman–Crippen MR) is 87.5 cm³/mol. The number of rotatable bonds is 3. The Kier molecular flexibility index (Phi) is 4.13. The van der Waals surface area contributed by atoms with E-state index in [-0.39, 0.29) is 11.5 Å². The summed E-state index contributed by atoms with van der Waals surface area (Å²) in [4.78, 5) is 12.0. The molecule has 3 nitrogen and oxygen atoms in total. The summed E-state index contributed by atoms with van der Waals surface area (Å²) in [5, 5.41) is 2.95. The van der Waals surface area contributed by atoms with E-state index in [4.69, 9.17) is 4.74 Å². The fraction of sp³-hybridized carbons (Fsp3) is 0.500. The standard InChI is InChI=1S/C18H25NO2/c1-6-10-18(5)11-9-13-12-14(7-8-15(13)21-18)19-16(20)17(2,3)4/h7-9,11-12H,6,10H2,1-5H3,(H,19,20). The van der Waals surface area contributed by atoms with Crippen LogP contribution in [0.3, 0.4) is 0 Å². The molecule has 0 bridgehead atoms. The number of amides is 1. The molecule has 3 heteroatoms. The highest BCUT2D eigenvalue weighted by molar-refractivity contribution is 5.94. The van der Waals surface area contributed by atoms with Gasteiger partial charge in [-0.15, -0.1) is 0 Å². The summed E-state index contributed by atoms with van der Waals surface area (Å²) in [6, 6.07) is 5.79. The summed E-state index contributed by atoms with van der Waals surface area (Å²) in [5.74, 6) is 0.890. The second kappa shape index (κ2) is 5.55. The lowest BCUT2D eigenvalue weighted by molar-refractivity contribution is -0.123. The van der Waals surface area contributed by atoms with Crippen molar-refractivity contribution in [3.8, 4) is 5.75 Å². The Balaban J connectivity index is 2.18. The molecule has 0 fully saturated rings. The third-order valence-electron chi connectivity index (χ3n) is 3.65. The number of fused-ring (bicyclic) bond motifs is 1. The number of carbonyl (C=O) groups is 1. The van der Waals surface area contributed by atoms with Gasteiger partial charge >= 0.3 is 0 Å². The van der Waals surface area contributed by atoms with Gasteiger partial charge in [-0.25, -0.2) is 0 Å². The zero-order chi connectivity index (χ0) is 15.7. The third kappa shape index (κ3) is 3.66. The summed E-state index contributed by atoms with van der Waals surface area (Å²) in [6.07, 6.45) is 6.26. The maximum atomic E-state index is 12.0. The van der Waals surface area contributed by atoms with Gasteiger partial charge < -0.3 is 10.1 Å². The summed E-state index contributed by atoms with van der Waals surface area (Å²) >= 11 is 0. The average molecular weight is 287 g/mol. The molecule has 1 heterocycles. The van der Waals surface area contributed by atoms with Gasteiger partial charge in [-0.3, -0.25) is 4.79 Å². The molecule has 1 aliphatic heterocycles. The minimum absolute atomic E-state index is 0.0129. The summed E-state index contributed by atoms with van der Waals surface area (Å²) < 4.78 is 6.09. The Bertz CT molecular complexity index is 569. The Morgan fingerprint density at radius 2 is 2.05 bits per heavy atom. The van der Waals surface area contributed by atoms with Crippen molar-refractivity contribution in [3.05, 3.63) is 29.8 Å². The molecule has 2 rings (SSSR count). The van der Waals surface area contributed by atoms with Crippen LogP contribution in [0.5, 0.6) is 5.75 Å². The average Bonchev–Trinajstić information content (AvgIpc) is 2.38. The van der Waals surface area contributed by atoms with Crippen LogP contribution in [0.25, 0.3) is 6.08 Å². The number of anilines is 1. The molecule has 0 aliphatic carbocycles. The molecule has 0 aromatic heterocycles. The largest absolute Gasteiger partial charge is 0.483 e. The van der Waals surface area contributed by atoms with Crippen LogP contribution >= 0.6 is 0 Å². The maximum Gasteiger partial charge on any atom is 0.229 e. The molecule has 21 heavy (non-hydrogen) atoms. The van der Waals surface area contributed by atoms with Gasteiger partial charge in [0, 0.05) is 16.7 Å². The second-order valence-electron chi connectivity index (χ2n) is 6.95. The van der Waals surface area contributed by atoms with Gasteiger partial charge in [0.15, 0.2) is 0 Å². The molecule has 0 saturated carbocycles. The van der Waals surface area contributed by atoms with Crippen molar-refractivity contribution < 1.29 is 9.53 Å². The van der Waals surface area contributed by atoms with E-state index in [2.05, 4.69) is 31.3 Å². The maximum absolute atomic E-state index is 12.0. The van der Waals surface area contributed by atoms with Crippen molar-refractivity contribution in [1.82, 2.24) is 0 Å². The molecular formula is C18H25NO2. The Morgan fingerprint density at radius 1 is 1.33 bits per heavy atom. The molecule has 0 saturated heterocycles.